The minimum Gasteiger partial charge on any atom is -0.493 e. The van der Waals surface area contributed by atoms with E-state index in [1.165, 1.54) is 25.5 Å². The largest absolute Gasteiger partial charge is 0.493 e. The van der Waals surface area contributed by atoms with Crippen LogP contribution in [0, 0.1) is 20.2 Å². The molecule has 0 atom stereocenters. The van der Waals surface area contributed by atoms with Gasteiger partial charge in [-0.25, -0.2) is 5.43 Å². The van der Waals surface area contributed by atoms with Gasteiger partial charge in [0.25, 0.3) is 11.6 Å². The van der Waals surface area contributed by atoms with Gasteiger partial charge in [-0.3, -0.25) is 25.0 Å². The molecule has 0 fully saturated rings. The Morgan fingerprint density at radius 3 is 2.42 bits per heavy atom. The van der Waals surface area contributed by atoms with Gasteiger partial charge >= 0.3 is 5.69 Å². The smallest absolute Gasteiger partial charge is 0.318 e. The van der Waals surface area contributed by atoms with Gasteiger partial charge in [0.2, 0.25) is 5.75 Å². The van der Waals surface area contributed by atoms with Crippen molar-refractivity contribution in [1.82, 2.24) is 5.43 Å². The Balaban J connectivity index is 1.79. The molecule has 1 N–H and O–H groups in total. The van der Waals surface area contributed by atoms with Crippen LogP contribution in [0.15, 0.2) is 70.8 Å². The molecule has 13 nitrogen and oxygen atoms in total. The third-order valence-corrected chi connectivity index (χ3v) is 5.65. The van der Waals surface area contributed by atoms with Crippen molar-refractivity contribution in [3.63, 3.8) is 0 Å². The number of methoxy groups -OCH3 is 1. The average Bonchev–Trinajstić information content (AvgIpc) is 2.93. The van der Waals surface area contributed by atoms with Crippen LogP contribution in [0.2, 0.25) is 0 Å². The summed E-state index contributed by atoms with van der Waals surface area (Å²) < 4.78 is 22.5. The molecule has 0 heterocycles. The summed E-state index contributed by atoms with van der Waals surface area (Å²) in [5, 5.41) is 26.4. The second-order valence-corrected chi connectivity index (χ2v) is 8.55. The first-order valence-corrected chi connectivity index (χ1v) is 12.3. The van der Waals surface area contributed by atoms with Crippen molar-refractivity contribution in [2.45, 2.75) is 6.92 Å². The zero-order valence-electron chi connectivity index (χ0n) is 21.3. The summed E-state index contributed by atoms with van der Waals surface area (Å²) in [4.78, 5) is 33.6. The van der Waals surface area contributed by atoms with Crippen LogP contribution in [-0.4, -0.2) is 42.3 Å². The molecule has 0 aromatic heterocycles. The van der Waals surface area contributed by atoms with Gasteiger partial charge in [-0.2, -0.15) is 5.10 Å². The zero-order chi connectivity index (χ0) is 29.2. The Morgan fingerprint density at radius 1 is 1.02 bits per heavy atom. The van der Waals surface area contributed by atoms with Crippen LogP contribution >= 0.6 is 15.9 Å². The minimum absolute atomic E-state index is 0.0860. The molecule has 0 saturated heterocycles. The molecule has 0 bridgehead atoms. The monoisotopic (exact) mass is 614 g/mol. The molecule has 0 saturated carbocycles. The van der Waals surface area contributed by atoms with Crippen LogP contribution < -0.4 is 24.4 Å². The lowest BCUT2D eigenvalue weighted by Crippen LogP contribution is -2.17. The number of rotatable bonds is 13. The van der Waals surface area contributed by atoms with Gasteiger partial charge in [-0.05, 0) is 64.8 Å². The highest BCUT2D eigenvalue weighted by molar-refractivity contribution is 9.10. The maximum atomic E-state index is 12.6. The van der Waals surface area contributed by atoms with E-state index in [0.717, 1.165) is 18.2 Å². The van der Waals surface area contributed by atoms with Gasteiger partial charge in [-0.15, -0.1) is 0 Å². The van der Waals surface area contributed by atoms with Crippen molar-refractivity contribution in [2.75, 3.05) is 20.3 Å². The molecule has 3 rings (SSSR count). The van der Waals surface area contributed by atoms with Gasteiger partial charge in [0.15, 0.2) is 23.0 Å². The number of nitrogens with one attached hydrogen (secondary N) is 1. The number of nitrogens with zero attached hydrogens (tertiary/aromatic N) is 3. The molecule has 0 radical (unpaired) electrons. The molecule has 3 aromatic carbocycles. The number of hydrazone groups is 1. The Morgan fingerprint density at radius 2 is 1.77 bits per heavy atom. The Kier molecular flexibility index (Phi) is 10.1. The van der Waals surface area contributed by atoms with Crippen LogP contribution in [0.1, 0.15) is 22.8 Å². The molecule has 0 unspecified atom stereocenters. The SMILES string of the molecule is C=CCOc1ccc(C(=O)N/N=C/c2cc(Br)c(Oc3ccc([N+](=O)[O-])cc3[N+](=O)[O-])c(OC)c2)cc1OCC. The number of nitro groups is 2. The molecule has 3 aromatic rings. The lowest BCUT2D eigenvalue weighted by molar-refractivity contribution is -0.394. The molecule has 0 spiro atoms. The molecule has 1 amide bonds. The average molecular weight is 615 g/mol. The Labute approximate surface area is 236 Å². The van der Waals surface area contributed by atoms with Gasteiger partial charge in [0.1, 0.15) is 6.61 Å². The summed E-state index contributed by atoms with van der Waals surface area (Å²) in [5.41, 5.74) is 2.15. The number of non-ortho nitro benzene ring substituents is 1. The number of carbonyl (C=O) groups excluding carboxylic acids is 1. The predicted molar refractivity (Wildman–Crippen MR) is 149 cm³/mol. The highest BCUT2D eigenvalue weighted by Crippen LogP contribution is 2.42. The van der Waals surface area contributed by atoms with Crippen molar-refractivity contribution < 1.29 is 33.6 Å². The van der Waals surface area contributed by atoms with E-state index in [1.54, 1.807) is 24.3 Å². The van der Waals surface area contributed by atoms with Crippen molar-refractivity contribution in [3.8, 4) is 28.7 Å². The van der Waals surface area contributed by atoms with E-state index in [1.807, 2.05) is 6.92 Å². The first-order valence-electron chi connectivity index (χ1n) is 11.5. The third-order valence-electron chi connectivity index (χ3n) is 5.06. The fourth-order valence-corrected chi connectivity index (χ4v) is 3.83. The van der Waals surface area contributed by atoms with Crippen LogP contribution in [0.4, 0.5) is 11.4 Å². The Bertz CT molecular complexity index is 1480. The molecule has 40 heavy (non-hydrogen) atoms. The first kappa shape index (κ1) is 29.6. The number of hydrogen-bond acceptors (Lipinski definition) is 10. The number of carbonyl (C=O) groups is 1. The Hall–Kier alpha value is -4.98. The second-order valence-electron chi connectivity index (χ2n) is 7.70. The lowest BCUT2D eigenvalue weighted by atomic mass is 10.2. The van der Waals surface area contributed by atoms with E-state index in [0.29, 0.717) is 33.7 Å². The van der Waals surface area contributed by atoms with Gasteiger partial charge in [0, 0.05) is 11.6 Å². The van der Waals surface area contributed by atoms with E-state index in [9.17, 15) is 25.0 Å². The van der Waals surface area contributed by atoms with Crippen LogP contribution in [-0.2, 0) is 0 Å². The van der Waals surface area contributed by atoms with Crippen molar-refractivity contribution in [3.05, 3.63) is 97.0 Å². The zero-order valence-corrected chi connectivity index (χ0v) is 22.9. The number of nitro benzene ring substituents is 2. The highest BCUT2D eigenvalue weighted by atomic mass is 79.9. The molecular formula is C26H23BrN4O9. The summed E-state index contributed by atoms with van der Waals surface area (Å²) in [6.45, 7) is 6.07. The fourth-order valence-electron chi connectivity index (χ4n) is 3.29. The van der Waals surface area contributed by atoms with Crippen LogP contribution in [0.25, 0.3) is 0 Å². The summed E-state index contributed by atoms with van der Waals surface area (Å²) in [5.74, 6) is 0.410. The van der Waals surface area contributed by atoms with Crippen molar-refractivity contribution >= 4 is 39.4 Å². The molecular weight excluding hydrogens is 592 g/mol. The highest BCUT2D eigenvalue weighted by Gasteiger charge is 2.23. The van der Waals surface area contributed by atoms with Crippen molar-refractivity contribution in [2.24, 2.45) is 5.10 Å². The van der Waals surface area contributed by atoms with E-state index in [-0.39, 0.29) is 23.9 Å². The lowest BCUT2D eigenvalue weighted by Gasteiger charge is -2.13. The second kappa shape index (κ2) is 13.7. The van der Waals surface area contributed by atoms with Crippen LogP contribution in [0.3, 0.4) is 0 Å². The number of hydrogen-bond donors (Lipinski definition) is 1. The van der Waals surface area contributed by atoms with E-state index in [4.69, 9.17) is 18.9 Å². The maximum Gasteiger partial charge on any atom is 0.318 e. The normalized spacial score (nSPS) is 10.6. The predicted octanol–water partition coefficient (Wildman–Crippen LogP) is 5.79. The third kappa shape index (κ3) is 7.32. The number of ether oxygens (including phenoxy) is 4. The number of amides is 1. The first-order chi connectivity index (χ1) is 19.2. The van der Waals surface area contributed by atoms with E-state index in [2.05, 4.69) is 33.0 Å². The van der Waals surface area contributed by atoms with Gasteiger partial charge < -0.3 is 18.9 Å². The van der Waals surface area contributed by atoms with Gasteiger partial charge in [-0.1, -0.05) is 12.7 Å². The van der Waals surface area contributed by atoms with E-state index < -0.39 is 27.1 Å². The van der Waals surface area contributed by atoms with Gasteiger partial charge in [0.05, 0.1) is 40.3 Å². The molecule has 208 valence electrons. The summed E-state index contributed by atoms with van der Waals surface area (Å²) >= 11 is 3.34. The number of halogens is 1. The molecule has 14 heteroatoms. The maximum absolute atomic E-state index is 12.6. The van der Waals surface area contributed by atoms with Crippen LogP contribution in [0.5, 0.6) is 28.7 Å². The van der Waals surface area contributed by atoms with Crippen molar-refractivity contribution in [1.29, 1.82) is 0 Å². The molecule has 0 aliphatic rings. The topological polar surface area (TPSA) is 165 Å². The molecule has 0 aliphatic carbocycles. The summed E-state index contributed by atoms with van der Waals surface area (Å²) in [6, 6.07) is 10.8. The quantitative estimate of drug-likeness (QED) is 0.108. The molecule has 0 aliphatic heterocycles. The standard InChI is InChI=1S/C26H23BrN4O9/c1-4-10-39-22-8-6-17(13-23(22)38-5-2)26(32)29-28-15-16-11-19(27)25(24(12-16)37-3)40-21-9-7-18(30(33)34)14-20(21)31(35)36/h4,6-9,11-15H,1,5,10H2,2-3H3,(H,29,32)/b28-15+. The minimum atomic E-state index is -0.786. The summed E-state index contributed by atoms with van der Waals surface area (Å²) in [7, 11) is 1.36. The van der Waals surface area contributed by atoms with E-state index >= 15 is 0 Å². The number of benzene rings is 3. The summed E-state index contributed by atoms with van der Waals surface area (Å²) in [6.07, 6.45) is 2.95. The fraction of sp³-hybridized carbons (Fsp3) is 0.154.